The van der Waals surface area contributed by atoms with Crippen LogP contribution in [0, 0.1) is 17.3 Å². The SMILES string of the molecule is COC(=O)C(C(=O)NC(Cc1ccc(-c2cccnc2)cc1)C(O)CN(Cc1ccc(OC(F)F)cc1)NC(=O)OC1COC2OCCC12)C(C)(C)C. The number of amides is 2. The molecule has 13 nitrogen and oxygen atoms in total. The molecule has 3 N–H and O–H groups in total. The Labute approximate surface area is 306 Å². The number of aliphatic hydroxyl groups is 1. The Balaban J connectivity index is 1.38. The molecule has 2 aliphatic heterocycles. The Kier molecular flexibility index (Phi) is 13.3. The number of halogens is 2. The number of carbonyl (C=O) groups is 3. The molecule has 3 heterocycles. The molecular formula is C38H46F2N4O9. The zero-order chi connectivity index (χ0) is 38.1. The van der Waals surface area contributed by atoms with Crippen LogP contribution < -0.4 is 15.5 Å². The molecule has 53 heavy (non-hydrogen) atoms. The van der Waals surface area contributed by atoms with Gasteiger partial charge in [-0.15, -0.1) is 0 Å². The first-order chi connectivity index (χ1) is 25.3. The second kappa shape index (κ2) is 17.9. The molecule has 6 atom stereocenters. The fourth-order valence-electron chi connectivity index (χ4n) is 6.48. The average Bonchev–Trinajstić information content (AvgIpc) is 3.74. The van der Waals surface area contributed by atoms with Crippen LogP contribution in [0.5, 0.6) is 5.75 Å². The molecule has 5 rings (SSSR count). The number of hydrazine groups is 1. The molecule has 0 aliphatic carbocycles. The number of rotatable bonds is 15. The molecule has 2 aliphatic rings. The van der Waals surface area contributed by atoms with Crippen molar-refractivity contribution in [3.63, 3.8) is 0 Å². The minimum absolute atomic E-state index is 0.00466. The molecule has 0 bridgehead atoms. The van der Waals surface area contributed by atoms with Crippen LogP contribution in [0.4, 0.5) is 13.6 Å². The number of benzene rings is 2. The highest BCUT2D eigenvalue weighted by atomic mass is 19.3. The number of ether oxygens (including phenoxy) is 5. The van der Waals surface area contributed by atoms with E-state index >= 15 is 0 Å². The van der Waals surface area contributed by atoms with Gasteiger partial charge in [-0.25, -0.2) is 9.80 Å². The maximum Gasteiger partial charge on any atom is 0.422 e. The second-order valence-corrected chi connectivity index (χ2v) is 14.1. The normalized spacial score (nSPS) is 20.0. The number of esters is 1. The molecule has 15 heteroatoms. The van der Waals surface area contributed by atoms with Crippen molar-refractivity contribution >= 4 is 18.0 Å². The van der Waals surface area contributed by atoms with E-state index in [1.54, 1.807) is 45.3 Å². The molecule has 286 valence electrons. The number of pyridine rings is 1. The van der Waals surface area contributed by atoms with Crippen LogP contribution >= 0.6 is 0 Å². The number of carbonyl (C=O) groups excluding carboxylic acids is 3. The number of aliphatic hydroxyl groups excluding tert-OH is 1. The second-order valence-electron chi connectivity index (χ2n) is 14.1. The molecule has 2 saturated heterocycles. The fraction of sp³-hybridized carbons (Fsp3) is 0.474. The summed E-state index contributed by atoms with van der Waals surface area (Å²) in [6.07, 6.45) is 1.14. The Morgan fingerprint density at radius 1 is 1.02 bits per heavy atom. The van der Waals surface area contributed by atoms with Gasteiger partial charge < -0.3 is 34.1 Å². The van der Waals surface area contributed by atoms with Crippen molar-refractivity contribution < 1.29 is 52.0 Å². The number of hydrogen-bond donors (Lipinski definition) is 3. The lowest BCUT2D eigenvalue weighted by Gasteiger charge is -2.33. The van der Waals surface area contributed by atoms with Crippen LogP contribution in [0.3, 0.4) is 0 Å². The highest BCUT2D eigenvalue weighted by Crippen LogP contribution is 2.33. The van der Waals surface area contributed by atoms with Gasteiger partial charge in [-0.1, -0.05) is 63.2 Å². The first-order valence-electron chi connectivity index (χ1n) is 17.4. The fourth-order valence-corrected chi connectivity index (χ4v) is 6.48. The first kappa shape index (κ1) is 39.5. The van der Waals surface area contributed by atoms with Crippen LogP contribution in [0.1, 0.15) is 38.3 Å². The lowest BCUT2D eigenvalue weighted by atomic mass is 9.80. The van der Waals surface area contributed by atoms with Gasteiger partial charge in [-0.2, -0.15) is 8.78 Å². The van der Waals surface area contributed by atoms with E-state index in [0.717, 1.165) is 16.7 Å². The van der Waals surface area contributed by atoms with Gasteiger partial charge in [0.05, 0.1) is 38.4 Å². The third-order valence-electron chi connectivity index (χ3n) is 9.18. The lowest BCUT2D eigenvalue weighted by molar-refractivity contribution is -0.155. The number of aromatic nitrogens is 1. The van der Waals surface area contributed by atoms with E-state index in [4.69, 9.17) is 18.9 Å². The van der Waals surface area contributed by atoms with Gasteiger partial charge in [0.25, 0.3) is 0 Å². The van der Waals surface area contributed by atoms with Gasteiger partial charge in [0.2, 0.25) is 5.91 Å². The minimum Gasteiger partial charge on any atom is -0.468 e. The summed E-state index contributed by atoms with van der Waals surface area (Å²) in [7, 11) is 1.21. The van der Waals surface area contributed by atoms with Crippen LogP contribution in [-0.4, -0.2) is 91.1 Å². The van der Waals surface area contributed by atoms with E-state index < -0.39 is 60.5 Å². The van der Waals surface area contributed by atoms with Gasteiger partial charge in [0.15, 0.2) is 6.29 Å². The van der Waals surface area contributed by atoms with Crippen molar-refractivity contribution in [3.8, 4) is 16.9 Å². The first-order valence-corrected chi connectivity index (χ1v) is 17.4. The van der Waals surface area contributed by atoms with E-state index in [1.807, 2.05) is 36.4 Å². The number of nitrogens with one attached hydrogen (secondary N) is 2. The molecule has 2 fully saturated rings. The summed E-state index contributed by atoms with van der Waals surface area (Å²) >= 11 is 0. The Hall–Kier alpha value is -4.70. The summed E-state index contributed by atoms with van der Waals surface area (Å²) in [6, 6.07) is 16.2. The van der Waals surface area contributed by atoms with Crippen LogP contribution in [0.2, 0.25) is 0 Å². The van der Waals surface area contributed by atoms with Gasteiger partial charge in [-0.3, -0.25) is 20.0 Å². The zero-order valence-electron chi connectivity index (χ0n) is 30.1. The summed E-state index contributed by atoms with van der Waals surface area (Å²) < 4.78 is 51.8. The monoisotopic (exact) mass is 740 g/mol. The number of alkyl halides is 2. The summed E-state index contributed by atoms with van der Waals surface area (Å²) in [5, 5.41) is 16.1. The summed E-state index contributed by atoms with van der Waals surface area (Å²) in [4.78, 5) is 44.0. The largest absolute Gasteiger partial charge is 0.468 e. The third-order valence-corrected chi connectivity index (χ3v) is 9.18. The Morgan fingerprint density at radius 3 is 2.38 bits per heavy atom. The number of nitrogens with zero attached hydrogens (tertiary/aromatic N) is 2. The van der Waals surface area contributed by atoms with Crippen molar-refractivity contribution in [2.75, 3.05) is 26.9 Å². The van der Waals surface area contributed by atoms with Gasteiger partial charge in [-0.05, 0) is 58.7 Å². The maximum atomic E-state index is 13.8. The Bertz CT molecular complexity index is 1660. The lowest BCUT2D eigenvalue weighted by Crippen LogP contribution is -2.55. The van der Waals surface area contributed by atoms with Crippen LogP contribution in [0.25, 0.3) is 11.1 Å². The highest BCUT2D eigenvalue weighted by molar-refractivity contribution is 5.98. The molecule has 0 saturated carbocycles. The predicted octanol–water partition coefficient (Wildman–Crippen LogP) is 4.48. The number of methoxy groups -OCH3 is 1. The average molecular weight is 741 g/mol. The molecular weight excluding hydrogens is 694 g/mol. The van der Waals surface area contributed by atoms with Crippen LogP contribution in [-0.2, 0) is 41.5 Å². The zero-order valence-corrected chi connectivity index (χ0v) is 30.1. The van der Waals surface area contributed by atoms with E-state index in [-0.39, 0.29) is 37.8 Å². The summed E-state index contributed by atoms with van der Waals surface area (Å²) in [6.45, 7) is 2.65. The van der Waals surface area contributed by atoms with Gasteiger partial charge in [0.1, 0.15) is 17.8 Å². The van der Waals surface area contributed by atoms with Crippen molar-refractivity contribution in [1.29, 1.82) is 0 Å². The van der Waals surface area contributed by atoms with Crippen molar-refractivity contribution in [3.05, 3.63) is 84.2 Å². The molecule has 3 aromatic rings. The minimum atomic E-state index is -3.00. The maximum absolute atomic E-state index is 13.8. The van der Waals surface area contributed by atoms with E-state index in [0.29, 0.717) is 18.6 Å². The topological polar surface area (TPSA) is 158 Å². The third kappa shape index (κ3) is 10.9. The molecule has 2 amide bonds. The number of fused-ring (bicyclic) bond motifs is 1. The Morgan fingerprint density at radius 2 is 1.74 bits per heavy atom. The molecule has 2 aromatic carbocycles. The van der Waals surface area contributed by atoms with Crippen molar-refractivity contribution in [2.45, 2.75) is 71.3 Å². The highest BCUT2D eigenvalue weighted by Gasteiger charge is 2.44. The number of hydrogen-bond acceptors (Lipinski definition) is 11. The molecule has 6 unspecified atom stereocenters. The smallest absolute Gasteiger partial charge is 0.422 e. The van der Waals surface area contributed by atoms with E-state index in [9.17, 15) is 28.3 Å². The molecule has 1 aromatic heterocycles. The summed E-state index contributed by atoms with van der Waals surface area (Å²) in [5.74, 6) is -2.71. The van der Waals surface area contributed by atoms with Gasteiger partial charge in [0, 0.05) is 25.5 Å². The van der Waals surface area contributed by atoms with Crippen molar-refractivity contribution in [2.24, 2.45) is 17.3 Å². The molecule has 0 radical (unpaired) electrons. The molecule has 0 spiro atoms. The quantitative estimate of drug-likeness (QED) is 0.115. The van der Waals surface area contributed by atoms with E-state index in [2.05, 4.69) is 20.5 Å². The van der Waals surface area contributed by atoms with E-state index in [1.165, 1.54) is 24.3 Å². The predicted molar refractivity (Wildman–Crippen MR) is 187 cm³/mol. The standard InChI is InChI=1S/C38H46F2N4O9/c1-38(2,3)32(34(47)49-4)33(46)42-29(18-23-7-11-25(12-8-23)26-6-5-16-41-19-26)30(45)21-44(20-24-9-13-27(14-10-24)52-36(39)40)43-37(48)53-31-22-51-35-28(31)15-17-50-35/h5-14,16,19,28-32,35-36,45H,15,17-18,20-22H2,1-4H3,(H,42,46)(H,43,48). The van der Waals surface area contributed by atoms with Crippen molar-refractivity contribution in [1.82, 2.24) is 20.7 Å². The van der Waals surface area contributed by atoms with Crippen LogP contribution in [0.15, 0.2) is 73.1 Å². The van der Waals surface area contributed by atoms with Gasteiger partial charge >= 0.3 is 18.7 Å². The summed E-state index contributed by atoms with van der Waals surface area (Å²) in [5.41, 5.74) is 5.07.